The summed E-state index contributed by atoms with van der Waals surface area (Å²) in [5.74, 6) is 0.151. The molecule has 31 heavy (non-hydrogen) atoms. The highest BCUT2D eigenvalue weighted by Crippen LogP contribution is 2.42. The summed E-state index contributed by atoms with van der Waals surface area (Å²) in [6.45, 7) is 5.35. The minimum Gasteiger partial charge on any atom is -0.321 e. The number of benzene rings is 2. The number of anilines is 1. The molecule has 1 aromatic heterocycles. The Morgan fingerprint density at radius 2 is 1.71 bits per heavy atom. The second kappa shape index (κ2) is 8.61. The standard InChI is InChI=1S/C24H28N6O/c1-28-13-15-29(16-14-28)17-18-7-11-20(12-8-18)25-24(31)22-23(19-9-10-19)30(27-26-22)21-5-3-2-4-6-21/h2-8,11-12,19H,9-10,13-17H2,1H3,(H,25,31). The van der Waals surface area contributed by atoms with Crippen LogP contribution in [0.4, 0.5) is 5.69 Å². The summed E-state index contributed by atoms with van der Waals surface area (Å²) in [7, 11) is 2.17. The van der Waals surface area contributed by atoms with Crippen molar-refractivity contribution in [2.24, 2.45) is 0 Å². The van der Waals surface area contributed by atoms with Crippen LogP contribution >= 0.6 is 0 Å². The molecule has 1 aliphatic carbocycles. The first kappa shape index (κ1) is 19.9. The number of hydrogen-bond donors (Lipinski definition) is 1. The molecule has 2 fully saturated rings. The van der Waals surface area contributed by atoms with Crippen LogP contribution in [0.15, 0.2) is 54.6 Å². The molecular formula is C24H28N6O. The van der Waals surface area contributed by atoms with Gasteiger partial charge in [0.1, 0.15) is 0 Å². The Bertz CT molecular complexity index is 1030. The number of rotatable bonds is 6. The number of aromatic nitrogens is 3. The van der Waals surface area contributed by atoms with Crippen molar-refractivity contribution in [3.63, 3.8) is 0 Å². The highest BCUT2D eigenvalue weighted by Gasteiger charge is 2.34. The van der Waals surface area contributed by atoms with Gasteiger partial charge in [-0.2, -0.15) is 0 Å². The van der Waals surface area contributed by atoms with Crippen LogP contribution < -0.4 is 5.32 Å². The van der Waals surface area contributed by atoms with Gasteiger partial charge in [-0.1, -0.05) is 35.5 Å². The van der Waals surface area contributed by atoms with Gasteiger partial charge in [0.05, 0.1) is 11.4 Å². The molecule has 1 saturated heterocycles. The summed E-state index contributed by atoms with van der Waals surface area (Å²) in [5, 5.41) is 11.5. The fourth-order valence-electron chi connectivity index (χ4n) is 4.08. The van der Waals surface area contributed by atoms with Crippen LogP contribution in [-0.2, 0) is 6.54 Å². The molecule has 7 heteroatoms. The van der Waals surface area contributed by atoms with Crippen molar-refractivity contribution in [2.45, 2.75) is 25.3 Å². The first-order valence-electron chi connectivity index (χ1n) is 11.0. The number of piperazine rings is 1. The molecule has 0 unspecified atom stereocenters. The fourth-order valence-corrected chi connectivity index (χ4v) is 4.08. The van der Waals surface area contributed by atoms with Gasteiger partial charge in [0.15, 0.2) is 5.69 Å². The smallest absolute Gasteiger partial charge is 0.278 e. The van der Waals surface area contributed by atoms with Crippen LogP contribution in [0.5, 0.6) is 0 Å². The molecular weight excluding hydrogens is 388 g/mol. The van der Waals surface area contributed by atoms with Crippen LogP contribution in [-0.4, -0.2) is 63.9 Å². The number of para-hydroxylation sites is 1. The van der Waals surface area contributed by atoms with Crippen molar-refractivity contribution in [2.75, 3.05) is 38.5 Å². The maximum absolute atomic E-state index is 13.0. The molecule has 1 N–H and O–H groups in total. The third-order valence-corrected chi connectivity index (χ3v) is 6.10. The summed E-state index contributed by atoms with van der Waals surface area (Å²) in [5.41, 5.74) is 4.31. The minimum absolute atomic E-state index is 0.198. The van der Waals surface area contributed by atoms with Gasteiger partial charge in [0.2, 0.25) is 0 Å². The maximum atomic E-state index is 13.0. The molecule has 1 amide bonds. The Labute approximate surface area is 182 Å². The zero-order valence-corrected chi connectivity index (χ0v) is 17.9. The second-order valence-electron chi connectivity index (χ2n) is 8.58. The molecule has 0 spiro atoms. The number of likely N-dealkylation sites (N-methyl/N-ethyl adjacent to an activating group) is 1. The van der Waals surface area contributed by atoms with Crippen LogP contribution in [0.25, 0.3) is 5.69 Å². The van der Waals surface area contributed by atoms with Crippen LogP contribution in [0, 0.1) is 0 Å². The average Bonchev–Trinajstić information content (AvgIpc) is 3.54. The minimum atomic E-state index is -0.198. The number of carbonyl (C=O) groups excluding carboxylic acids is 1. The number of nitrogens with zero attached hydrogens (tertiary/aromatic N) is 5. The van der Waals surface area contributed by atoms with E-state index < -0.39 is 0 Å². The Morgan fingerprint density at radius 1 is 1.00 bits per heavy atom. The second-order valence-corrected chi connectivity index (χ2v) is 8.58. The Balaban J connectivity index is 1.28. The summed E-state index contributed by atoms with van der Waals surface area (Å²) in [4.78, 5) is 17.8. The van der Waals surface area contributed by atoms with Crippen LogP contribution in [0.3, 0.4) is 0 Å². The molecule has 2 heterocycles. The van der Waals surface area contributed by atoms with E-state index in [1.54, 1.807) is 0 Å². The molecule has 0 atom stereocenters. The number of hydrogen-bond acceptors (Lipinski definition) is 5. The monoisotopic (exact) mass is 416 g/mol. The zero-order valence-electron chi connectivity index (χ0n) is 17.9. The van der Waals surface area contributed by atoms with Crippen molar-refractivity contribution in [3.05, 3.63) is 71.5 Å². The molecule has 1 saturated carbocycles. The molecule has 0 bridgehead atoms. The van der Waals surface area contributed by atoms with E-state index in [1.807, 2.05) is 47.1 Å². The Morgan fingerprint density at radius 3 is 2.39 bits per heavy atom. The van der Waals surface area contributed by atoms with Gasteiger partial charge in [-0.25, -0.2) is 4.68 Å². The number of nitrogens with one attached hydrogen (secondary N) is 1. The fraction of sp³-hybridized carbons (Fsp3) is 0.375. The quantitative estimate of drug-likeness (QED) is 0.669. The molecule has 5 rings (SSSR count). The van der Waals surface area contributed by atoms with E-state index in [0.29, 0.717) is 11.6 Å². The van der Waals surface area contributed by atoms with Gasteiger partial charge in [-0.3, -0.25) is 9.69 Å². The Hall–Kier alpha value is -3.03. The largest absolute Gasteiger partial charge is 0.321 e. The van der Waals surface area contributed by atoms with Gasteiger partial charge in [0, 0.05) is 44.3 Å². The van der Waals surface area contributed by atoms with E-state index in [9.17, 15) is 4.79 Å². The van der Waals surface area contributed by atoms with Gasteiger partial charge >= 0.3 is 0 Å². The van der Waals surface area contributed by atoms with Gasteiger partial charge in [-0.05, 0) is 49.7 Å². The summed E-state index contributed by atoms with van der Waals surface area (Å²) < 4.78 is 1.81. The molecule has 0 radical (unpaired) electrons. The lowest BCUT2D eigenvalue weighted by atomic mass is 10.1. The van der Waals surface area contributed by atoms with Gasteiger partial charge in [0.25, 0.3) is 5.91 Å². The highest BCUT2D eigenvalue weighted by molar-refractivity contribution is 6.03. The van der Waals surface area contributed by atoms with Crippen LogP contribution in [0.2, 0.25) is 0 Å². The van der Waals surface area contributed by atoms with Crippen molar-refractivity contribution >= 4 is 11.6 Å². The molecule has 160 valence electrons. The van der Waals surface area contributed by atoms with Crippen LogP contribution in [0.1, 0.15) is 40.5 Å². The third kappa shape index (κ3) is 4.52. The molecule has 3 aromatic rings. The van der Waals surface area contributed by atoms with E-state index in [4.69, 9.17) is 0 Å². The highest BCUT2D eigenvalue weighted by atomic mass is 16.2. The lowest BCUT2D eigenvalue weighted by Gasteiger charge is -2.32. The lowest BCUT2D eigenvalue weighted by molar-refractivity contribution is 0.102. The number of amides is 1. The SMILES string of the molecule is CN1CCN(Cc2ccc(NC(=O)c3nnn(-c4ccccc4)c3C3CC3)cc2)CC1. The predicted molar refractivity (Wildman–Crippen MR) is 121 cm³/mol. The molecule has 2 aliphatic rings. The predicted octanol–water partition coefficient (Wildman–Crippen LogP) is 3.14. The lowest BCUT2D eigenvalue weighted by Crippen LogP contribution is -2.43. The third-order valence-electron chi connectivity index (χ3n) is 6.10. The Kier molecular flexibility index (Phi) is 5.53. The number of carbonyl (C=O) groups is 1. The summed E-state index contributed by atoms with van der Waals surface area (Å²) >= 11 is 0. The maximum Gasteiger partial charge on any atom is 0.278 e. The van der Waals surface area contributed by atoms with Crippen molar-refractivity contribution in [3.8, 4) is 5.69 Å². The van der Waals surface area contributed by atoms with E-state index in [-0.39, 0.29) is 5.91 Å². The van der Waals surface area contributed by atoms with Crippen molar-refractivity contribution < 1.29 is 4.79 Å². The van der Waals surface area contributed by atoms with Gasteiger partial charge < -0.3 is 10.2 Å². The van der Waals surface area contributed by atoms with E-state index in [2.05, 4.69) is 44.6 Å². The first-order valence-corrected chi connectivity index (χ1v) is 11.0. The molecule has 2 aromatic carbocycles. The topological polar surface area (TPSA) is 66.3 Å². The van der Waals surface area contributed by atoms with Crippen molar-refractivity contribution in [1.82, 2.24) is 24.8 Å². The van der Waals surface area contributed by atoms with E-state index >= 15 is 0 Å². The molecule has 7 nitrogen and oxygen atoms in total. The summed E-state index contributed by atoms with van der Waals surface area (Å²) in [6.07, 6.45) is 2.14. The van der Waals surface area contributed by atoms with Crippen molar-refractivity contribution in [1.29, 1.82) is 0 Å². The normalized spacial score (nSPS) is 17.6. The van der Waals surface area contributed by atoms with E-state index in [0.717, 1.165) is 62.6 Å². The summed E-state index contributed by atoms with van der Waals surface area (Å²) in [6, 6.07) is 18.0. The first-order chi connectivity index (χ1) is 15.2. The van der Waals surface area contributed by atoms with Gasteiger partial charge in [-0.15, -0.1) is 5.10 Å². The molecule has 1 aliphatic heterocycles. The zero-order chi connectivity index (χ0) is 21.2. The average molecular weight is 417 g/mol. The van der Waals surface area contributed by atoms with E-state index in [1.165, 1.54) is 5.56 Å².